The third kappa shape index (κ3) is 5.02. The van der Waals surface area contributed by atoms with Crippen molar-refractivity contribution in [1.82, 2.24) is 0 Å². The third-order valence-electron chi connectivity index (χ3n) is 5.83. The van der Waals surface area contributed by atoms with E-state index < -0.39 is 17.7 Å². The van der Waals surface area contributed by atoms with Crippen LogP contribution in [0.4, 0.5) is 5.69 Å². The Morgan fingerprint density at radius 3 is 2.44 bits per heavy atom. The zero-order chi connectivity index (χ0) is 26.0. The second kappa shape index (κ2) is 10.6. The minimum absolute atomic E-state index is 0.0187. The molecule has 1 N–H and O–H groups in total. The molecule has 3 aromatic rings. The summed E-state index contributed by atoms with van der Waals surface area (Å²) in [6.45, 7) is 8.08. The first-order valence-electron chi connectivity index (χ1n) is 11.8. The Labute approximate surface area is 219 Å². The van der Waals surface area contributed by atoms with Gasteiger partial charge in [0.25, 0.3) is 11.7 Å². The van der Waals surface area contributed by atoms with Crippen LogP contribution in [0.15, 0.2) is 76.8 Å². The maximum atomic E-state index is 13.4. The fraction of sp³-hybridized carbons (Fsp3) is 0.241. The summed E-state index contributed by atoms with van der Waals surface area (Å²) in [5, 5.41) is 11.4. The van der Waals surface area contributed by atoms with Crippen molar-refractivity contribution in [2.24, 2.45) is 0 Å². The van der Waals surface area contributed by atoms with Crippen LogP contribution in [0.5, 0.6) is 11.5 Å². The largest absolute Gasteiger partial charge is 0.507 e. The van der Waals surface area contributed by atoms with Crippen molar-refractivity contribution in [1.29, 1.82) is 0 Å². The van der Waals surface area contributed by atoms with Gasteiger partial charge < -0.3 is 14.6 Å². The monoisotopic (exact) mass is 549 g/mol. The van der Waals surface area contributed by atoms with Crippen LogP contribution in [0.25, 0.3) is 5.76 Å². The molecule has 186 valence electrons. The Morgan fingerprint density at radius 1 is 1.03 bits per heavy atom. The zero-order valence-corrected chi connectivity index (χ0v) is 22.2. The highest BCUT2D eigenvalue weighted by Crippen LogP contribution is 2.43. The predicted molar refractivity (Wildman–Crippen MR) is 143 cm³/mol. The highest BCUT2D eigenvalue weighted by Gasteiger charge is 2.47. The molecule has 36 heavy (non-hydrogen) atoms. The summed E-state index contributed by atoms with van der Waals surface area (Å²) in [5.74, 6) is -0.520. The van der Waals surface area contributed by atoms with Gasteiger partial charge in [-0.15, -0.1) is 0 Å². The lowest BCUT2D eigenvalue weighted by Crippen LogP contribution is -2.29. The van der Waals surface area contributed by atoms with E-state index in [1.807, 2.05) is 45.9 Å². The molecule has 0 bridgehead atoms. The highest BCUT2D eigenvalue weighted by atomic mass is 79.9. The van der Waals surface area contributed by atoms with Gasteiger partial charge in [0.15, 0.2) is 0 Å². The molecule has 4 rings (SSSR count). The van der Waals surface area contributed by atoms with E-state index in [1.165, 1.54) is 4.90 Å². The van der Waals surface area contributed by atoms with E-state index in [2.05, 4.69) is 15.9 Å². The van der Waals surface area contributed by atoms with Crippen LogP contribution in [0.1, 0.15) is 43.5 Å². The lowest BCUT2D eigenvalue weighted by Gasteiger charge is -2.26. The number of carbonyl (C=O) groups is 2. The topological polar surface area (TPSA) is 76.1 Å². The van der Waals surface area contributed by atoms with Gasteiger partial charge in [0.05, 0.1) is 24.3 Å². The van der Waals surface area contributed by atoms with Gasteiger partial charge in [-0.3, -0.25) is 14.5 Å². The summed E-state index contributed by atoms with van der Waals surface area (Å²) in [6, 6.07) is 18.7. The fourth-order valence-corrected chi connectivity index (χ4v) is 4.53. The van der Waals surface area contributed by atoms with Gasteiger partial charge in [-0.2, -0.15) is 0 Å². The molecule has 1 aliphatic heterocycles. The van der Waals surface area contributed by atoms with Gasteiger partial charge in [-0.1, -0.05) is 40.2 Å². The van der Waals surface area contributed by atoms with Gasteiger partial charge >= 0.3 is 0 Å². The van der Waals surface area contributed by atoms with Gasteiger partial charge in [-0.05, 0) is 75.2 Å². The minimum atomic E-state index is -0.860. The number of aliphatic hydroxyl groups excluding tert-OH is 1. The van der Waals surface area contributed by atoms with E-state index >= 15 is 0 Å². The SMILES string of the molecule is CCOc1cccc(N2C(=O)C(=O)/C(=C(/O)c3ccc(Br)c(C)c3)C2c2cccc(OC(C)C)c2)c1. The normalized spacial score (nSPS) is 17.1. The van der Waals surface area contributed by atoms with Crippen molar-refractivity contribution in [3.63, 3.8) is 0 Å². The number of Topliss-reactive ketones (excluding diaryl/α,β-unsaturated/α-hetero) is 1. The molecular formula is C29H28BrNO5. The number of hydrogen-bond donors (Lipinski definition) is 1. The Balaban J connectivity index is 1.93. The van der Waals surface area contributed by atoms with Gasteiger partial charge in [-0.25, -0.2) is 0 Å². The molecule has 0 aliphatic carbocycles. The Hall–Kier alpha value is -3.58. The quantitative estimate of drug-likeness (QED) is 0.205. The first-order valence-corrected chi connectivity index (χ1v) is 12.6. The van der Waals surface area contributed by atoms with E-state index in [-0.39, 0.29) is 17.4 Å². The number of benzene rings is 3. The summed E-state index contributed by atoms with van der Waals surface area (Å²) in [4.78, 5) is 28.3. The number of ether oxygens (including phenoxy) is 2. The van der Waals surface area contributed by atoms with Gasteiger partial charge in [0.1, 0.15) is 17.3 Å². The Morgan fingerprint density at radius 2 is 1.75 bits per heavy atom. The number of aryl methyl sites for hydroxylation is 1. The smallest absolute Gasteiger partial charge is 0.300 e. The second-order valence-corrected chi connectivity index (χ2v) is 9.66. The first-order chi connectivity index (χ1) is 17.2. The number of hydrogen-bond acceptors (Lipinski definition) is 5. The van der Waals surface area contributed by atoms with E-state index in [1.54, 1.807) is 48.5 Å². The average molecular weight is 550 g/mol. The Kier molecular flexibility index (Phi) is 7.50. The van der Waals surface area contributed by atoms with Crippen molar-refractivity contribution in [3.05, 3.63) is 93.5 Å². The summed E-state index contributed by atoms with van der Waals surface area (Å²) in [7, 11) is 0. The molecule has 1 unspecified atom stereocenters. The number of nitrogens with zero attached hydrogens (tertiary/aromatic N) is 1. The molecule has 1 saturated heterocycles. The summed E-state index contributed by atoms with van der Waals surface area (Å²) < 4.78 is 12.4. The van der Waals surface area contributed by atoms with Crippen LogP contribution < -0.4 is 14.4 Å². The van der Waals surface area contributed by atoms with Crippen LogP contribution in [-0.4, -0.2) is 29.5 Å². The molecular weight excluding hydrogens is 522 g/mol. The molecule has 1 aliphatic rings. The molecule has 3 aromatic carbocycles. The zero-order valence-electron chi connectivity index (χ0n) is 20.6. The number of amides is 1. The van der Waals surface area contributed by atoms with E-state index in [0.29, 0.717) is 34.9 Å². The van der Waals surface area contributed by atoms with Crippen LogP contribution in [-0.2, 0) is 9.59 Å². The number of halogens is 1. The molecule has 6 nitrogen and oxygen atoms in total. The number of carbonyl (C=O) groups excluding carboxylic acids is 2. The lowest BCUT2D eigenvalue weighted by molar-refractivity contribution is -0.132. The second-order valence-electron chi connectivity index (χ2n) is 8.80. The van der Waals surface area contributed by atoms with Crippen LogP contribution in [0, 0.1) is 6.92 Å². The maximum Gasteiger partial charge on any atom is 0.300 e. The van der Waals surface area contributed by atoms with Gasteiger partial charge in [0.2, 0.25) is 0 Å². The number of anilines is 1. The van der Waals surface area contributed by atoms with Crippen molar-refractivity contribution >= 4 is 39.1 Å². The molecule has 1 atom stereocenters. The molecule has 0 saturated carbocycles. The van der Waals surface area contributed by atoms with E-state index in [0.717, 1.165) is 10.0 Å². The summed E-state index contributed by atoms with van der Waals surface area (Å²) in [5.41, 5.74) is 2.50. The van der Waals surface area contributed by atoms with Crippen LogP contribution >= 0.6 is 15.9 Å². The predicted octanol–water partition coefficient (Wildman–Crippen LogP) is 6.57. The van der Waals surface area contributed by atoms with Crippen molar-refractivity contribution < 1.29 is 24.2 Å². The number of ketones is 1. The summed E-state index contributed by atoms with van der Waals surface area (Å²) >= 11 is 3.47. The Bertz CT molecular complexity index is 1350. The highest BCUT2D eigenvalue weighted by molar-refractivity contribution is 9.10. The fourth-order valence-electron chi connectivity index (χ4n) is 4.28. The molecule has 1 fully saturated rings. The number of aliphatic hydroxyl groups is 1. The molecule has 1 heterocycles. The lowest BCUT2D eigenvalue weighted by atomic mass is 9.94. The molecule has 7 heteroatoms. The van der Waals surface area contributed by atoms with Gasteiger partial charge in [0, 0.05) is 21.8 Å². The minimum Gasteiger partial charge on any atom is -0.507 e. The first kappa shape index (κ1) is 25.5. The van der Waals surface area contributed by atoms with E-state index in [9.17, 15) is 14.7 Å². The maximum absolute atomic E-state index is 13.4. The van der Waals surface area contributed by atoms with Crippen molar-refractivity contribution in [2.45, 2.75) is 39.8 Å². The standard InChI is InChI=1S/C29H28BrNO5/c1-5-35-22-10-7-9-21(16-22)31-26(19-8-6-11-23(15-19)36-17(2)3)25(28(33)29(31)34)27(32)20-12-13-24(30)18(4)14-20/h6-17,26,32H,5H2,1-4H3/b27-25+. The molecule has 0 aromatic heterocycles. The number of rotatable bonds is 7. The third-order valence-corrected chi connectivity index (χ3v) is 6.72. The van der Waals surface area contributed by atoms with Crippen LogP contribution in [0.2, 0.25) is 0 Å². The van der Waals surface area contributed by atoms with Crippen molar-refractivity contribution in [2.75, 3.05) is 11.5 Å². The summed E-state index contributed by atoms with van der Waals surface area (Å²) in [6.07, 6.45) is -0.0553. The molecule has 1 amide bonds. The van der Waals surface area contributed by atoms with Crippen molar-refractivity contribution in [3.8, 4) is 11.5 Å². The average Bonchev–Trinajstić information content (AvgIpc) is 3.11. The van der Waals surface area contributed by atoms with E-state index in [4.69, 9.17) is 9.47 Å². The van der Waals surface area contributed by atoms with Crippen LogP contribution in [0.3, 0.4) is 0 Å². The molecule has 0 spiro atoms. The molecule has 0 radical (unpaired) electrons.